The highest BCUT2D eigenvalue weighted by molar-refractivity contribution is 8.67. The molecule has 7 nitrogen and oxygen atoms in total. The predicted octanol–water partition coefficient (Wildman–Crippen LogP) is 3.90. The minimum atomic E-state index is -2.83. The van der Waals surface area contributed by atoms with E-state index in [1.54, 1.807) is 6.92 Å². The van der Waals surface area contributed by atoms with Gasteiger partial charge in [0.1, 0.15) is 12.4 Å². The van der Waals surface area contributed by atoms with Gasteiger partial charge in [-0.15, -0.1) is 0 Å². The average molecular weight is 444 g/mol. The van der Waals surface area contributed by atoms with Crippen molar-refractivity contribution in [2.75, 3.05) is 13.2 Å². The van der Waals surface area contributed by atoms with Crippen molar-refractivity contribution in [2.24, 2.45) is 0 Å². The summed E-state index contributed by atoms with van der Waals surface area (Å²) in [6, 6.07) is 0. The second-order valence-corrected chi connectivity index (χ2v) is 16.1. The van der Waals surface area contributed by atoms with Crippen LogP contribution >= 0.6 is 44.5 Å². The fourth-order valence-corrected chi connectivity index (χ4v) is 12.7. The number of ether oxygens (including phenoxy) is 1. The van der Waals surface area contributed by atoms with Crippen molar-refractivity contribution in [2.45, 2.75) is 26.2 Å². The molecule has 0 aromatic rings. The molecule has 0 spiro atoms. The number of rotatable bonds is 8. The lowest BCUT2D eigenvalue weighted by Crippen LogP contribution is -2.11. The Labute approximate surface area is 150 Å². The molecule has 2 atom stereocenters. The normalized spacial score (nSPS) is 31.7. The summed E-state index contributed by atoms with van der Waals surface area (Å²) < 4.78 is 25.8. The smallest absolute Gasteiger partial charge is 0.345 e. The molecule has 0 saturated carbocycles. The average Bonchev–Trinajstić information content (AvgIpc) is 2.37. The third-order valence-electron chi connectivity index (χ3n) is 2.09. The number of thiol groups is 2. The molecule has 0 radical (unpaired) electrons. The van der Waals surface area contributed by atoms with Crippen LogP contribution < -0.4 is 0 Å². The van der Waals surface area contributed by atoms with Gasteiger partial charge >= 0.3 is 14.6 Å². The van der Waals surface area contributed by atoms with E-state index in [0.717, 1.165) is 0 Å². The number of hydrogen-bond acceptors (Lipinski definition) is 9. The Morgan fingerprint density at radius 1 is 1.14 bits per heavy atom. The van der Waals surface area contributed by atoms with Crippen molar-refractivity contribution < 1.29 is 31.8 Å². The molecule has 1 aliphatic heterocycles. The molecule has 1 heterocycles. The number of carbonyl (C=O) groups excluding carboxylic acids is 2. The largest absolute Gasteiger partial charge is 0.463 e. The molecule has 128 valence electrons. The summed E-state index contributed by atoms with van der Waals surface area (Å²) in [4.78, 5) is 22.4. The Kier molecular flexibility index (Phi) is 9.54. The van der Waals surface area contributed by atoms with Crippen LogP contribution in [0.25, 0.3) is 0 Å². The Morgan fingerprint density at radius 3 is 2.27 bits per heavy atom. The Balaban J connectivity index is 2.24. The van der Waals surface area contributed by atoms with Gasteiger partial charge in [-0.2, -0.15) is 0 Å². The molecule has 0 aliphatic carbocycles. The first-order chi connectivity index (χ1) is 10.1. The topological polar surface area (TPSA) is 80.3 Å². The van der Waals surface area contributed by atoms with Crippen LogP contribution in [0.1, 0.15) is 26.2 Å². The van der Waals surface area contributed by atoms with E-state index in [0.29, 0.717) is 6.42 Å². The van der Waals surface area contributed by atoms with Crippen molar-refractivity contribution in [3.05, 3.63) is 0 Å². The molecule has 1 aliphatic rings. The molecule has 0 bridgehead atoms. The van der Waals surface area contributed by atoms with Crippen LogP contribution in [0, 0.1) is 0 Å². The molecule has 0 aromatic heterocycles. The Bertz CT molecular complexity index is 492. The van der Waals surface area contributed by atoms with Crippen LogP contribution in [0.4, 0.5) is 0 Å². The van der Waals surface area contributed by atoms with E-state index in [1.165, 1.54) is 0 Å². The highest BCUT2D eigenvalue weighted by Gasteiger charge is 2.38. The first kappa shape index (κ1) is 21.5. The number of carbonyl (C=O) groups is 2. The lowest BCUT2D eigenvalue weighted by atomic mass is 10.2. The standard InChI is InChI=1S/C8H15O7P3S4/c1-2-7(9)3-4-8(10)11-5-6-12-16-13-17(19,20)15-18(21,22)14-16/h2-6H2,1H3,(H,19,20)(H,21,22). The van der Waals surface area contributed by atoms with Crippen LogP contribution in [0.2, 0.25) is 0 Å². The zero-order valence-corrected chi connectivity index (χ0v) is 17.6. The number of esters is 1. The molecular weight excluding hydrogens is 429 g/mol. The van der Waals surface area contributed by atoms with Crippen molar-refractivity contribution in [3.8, 4) is 0 Å². The minimum absolute atomic E-state index is 0.00352. The van der Waals surface area contributed by atoms with Crippen LogP contribution in [-0.4, -0.2) is 25.0 Å². The lowest BCUT2D eigenvalue weighted by Gasteiger charge is -2.32. The first-order valence-corrected chi connectivity index (χ1v) is 14.7. The summed E-state index contributed by atoms with van der Waals surface area (Å²) in [5, 5.41) is 0. The second-order valence-electron chi connectivity index (χ2n) is 3.85. The van der Waals surface area contributed by atoms with Crippen molar-refractivity contribution in [1.82, 2.24) is 0 Å². The van der Waals surface area contributed by atoms with E-state index in [4.69, 9.17) is 45.8 Å². The first-order valence-electron chi connectivity index (χ1n) is 6.00. The molecule has 0 aromatic carbocycles. The third kappa shape index (κ3) is 9.04. The van der Waals surface area contributed by atoms with Gasteiger partial charge in [0.15, 0.2) is 0 Å². The van der Waals surface area contributed by atoms with Gasteiger partial charge in [-0.25, -0.2) is 8.62 Å². The Morgan fingerprint density at radius 2 is 1.73 bits per heavy atom. The van der Waals surface area contributed by atoms with E-state index in [9.17, 15) is 9.59 Å². The van der Waals surface area contributed by atoms with Gasteiger partial charge in [0.2, 0.25) is 0 Å². The van der Waals surface area contributed by atoms with E-state index in [-0.39, 0.29) is 31.8 Å². The molecule has 0 N–H and O–H groups in total. The molecule has 1 saturated heterocycles. The van der Waals surface area contributed by atoms with Crippen molar-refractivity contribution >= 4 is 79.9 Å². The van der Waals surface area contributed by atoms with Crippen LogP contribution in [0.15, 0.2) is 0 Å². The van der Waals surface area contributed by atoms with Gasteiger partial charge in [-0.1, -0.05) is 31.4 Å². The maximum Gasteiger partial charge on any atom is 0.345 e. The fourth-order valence-electron chi connectivity index (χ4n) is 1.15. The van der Waals surface area contributed by atoms with E-state index in [1.807, 2.05) is 0 Å². The van der Waals surface area contributed by atoms with E-state index < -0.39 is 26.0 Å². The summed E-state index contributed by atoms with van der Waals surface area (Å²) in [6.07, 6.45) is 0.636. The molecule has 1 fully saturated rings. The number of Topliss-reactive ketones (excluding diaryl/α,β-unsaturated/α-hetero) is 1. The zero-order valence-electron chi connectivity index (χ0n) is 11.4. The molecule has 2 unspecified atom stereocenters. The third-order valence-corrected chi connectivity index (χ3v) is 11.9. The molecule has 1 rings (SSSR count). The van der Waals surface area contributed by atoms with Gasteiger partial charge < -0.3 is 9.26 Å². The predicted molar refractivity (Wildman–Crippen MR) is 98.2 cm³/mol. The van der Waals surface area contributed by atoms with Crippen molar-refractivity contribution in [3.63, 3.8) is 0 Å². The van der Waals surface area contributed by atoms with Crippen LogP contribution in [-0.2, 0) is 55.4 Å². The van der Waals surface area contributed by atoms with E-state index in [2.05, 4.69) is 24.5 Å². The molecule has 14 heteroatoms. The van der Waals surface area contributed by atoms with Crippen LogP contribution in [0.3, 0.4) is 0 Å². The molecular formula is C8H15O7P3S4. The monoisotopic (exact) mass is 444 g/mol. The van der Waals surface area contributed by atoms with Gasteiger partial charge in [-0.05, 0) is 23.6 Å². The fraction of sp³-hybridized carbons (Fsp3) is 0.750. The zero-order chi connectivity index (χ0) is 16.8. The number of ketones is 1. The highest BCUT2D eigenvalue weighted by atomic mass is 32.9. The summed E-state index contributed by atoms with van der Waals surface area (Å²) in [7, 11) is -1.83. The second kappa shape index (κ2) is 9.78. The lowest BCUT2D eigenvalue weighted by molar-refractivity contribution is -0.145. The molecule has 22 heavy (non-hydrogen) atoms. The number of hydrogen-bond donors (Lipinski definition) is 2. The summed E-state index contributed by atoms with van der Waals surface area (Å²) in [5.41, 5.74) is -5.65. The quantitative estimate of drug-likeness (QED) is 0.251. The maximum atomic E-state index is 11.4. The maximum absolute atomic E-state index is 11.4. The Hall–Kier alpha value is 1.41. The SMILES string of the molecule is CCC(=O)CCC(=O)OCCOP1OP(=S)(S)OP(=S)(S)O1. The minimum Gasteiger partial charge on any atom is -0.463 e. The van der Waals surface area contributed by atoms with Crippen molar-refractivity contribution in [1.29, 1.82) is 0 Å². The van der Waals surface area contributed by atoms with Gasteiger partial charge in [-0.3, -0.25) is 13.9 Å². The van der Waals surface area contributed by atoms with Crippen LogP contribution in [0.5, 0.6) is 0 Å². The van der Waals surface area contributed by atoms with E-state index >= 15 is 0 Å². The highest BCUT2D eigenvalue weighted by Crippen LogP contribution is 2.82. The summed E-state index contributed by atoms with van der Waals surface area (Å²) >= 11 is 18.1. The summed E-state index contributed by atoms with van der Waals surface area (Å²) in [6.45, 7) is 1.77. The van der Waals surface area contributed by atoms with Gasteiger partial charge in [0.25, 0.3) is 11.4 Å². The van der Waals surface area contributed by atoms with Gasteiger partial charge in [0, 0.05) is 12.8 Å². The summed E-state index contributed by atoms with van der Waals surface area (Å²) in [5.74, 6) is -0.453. The van der Waals surface area contributed by atoms with Gasteiger partial charge in [0.05, 0.1) is 13.0 Å². The molecule has 0 amide bonds.